The SMILES string of the molecule is COc1ccc2sc(N(Cc3ccco3)C(=O)c3ccccc3S(C)(=O)=O)nc2c1. The van der Waals surface area contributed by atoms with Crippen LogP contribution in [0.5, 0.6) is 5.75 Å². The molecule has 2 aromatic carbocycles. The van der Waals surface area contributed by atoms with Gasteiger partial charge in [0.1, 0.15) is 11.5 Å². The molecule has 0 unspecified atom stereocenters. The van der Waals surface area contributed by atoms with E-state index in [1.54, 1.807) is 37.4 Å². The van der Waals surface area contributed by atoms with Crippen molar-refractivity contribution in [2.75, 3.05) is 18.3 Å². The summed E-state index contributed by atoms with van der Waals surface area (Å²) in [4.78, 5) is 19.5. The molecule has 4 rings (SSSR count). The number of hydrogen-bond donors (Lipinski definition) is 0. The molecule has 0 atom stereocenters. The van der Waals surface area contributed by atoms with Gasteiger partial charge in [0.15, 0.2) is 15.0 Å². The quantitative estimate of drug-likeness (QED) is 0.446. The van der Waals surface area contributed by atoms with Crippen LogP contribution in [0.1, 0.15) is 16.1 Å². The van der Waals surface area contributed by atoms with Gasteiger partial charge in [-0.25, -0.2) is 13.4 Å². The summed E-state index contributed by atoms with van der Waals surface area (Å²) < 4.78 is 36.0. The van der Waals surface area contributed by atoms with E-state index >= 15 is 0 Å². The van der Waals surface area contributed by atoms with Gasteiger partial charge in [-0.05, 0) is 36.4 Å². The van der Waals surface area contributed by atoms with Crippen LogP contribution in [0.4, 0.5) is 5.13 Å². The van der Waals surface area contributed by atoms with Gasteiger partial charge in [0, 0.05) is 12.3 Å². The van der Waals surface area contributed by atoms with Crippen LogP contribution in [0, 0.1) is 0 Å². The Kier molecular flexibility index (Phi) is 5.31. The van der Waals surface area contributed by atoms with Crippen molar-refractivity contribution in [3.05, 3.63) is 72.2 Å². The Morgan fingerprint density at radius 3 is 2.67 bits per heavy atom. The van der Waals surface area contributed by atoms with Gasteiger partial charge < -0.3 is 9.15 Å². The third kappa shape index (κ3) is 3.94. The highest BCUT2D eigenvalue weighted by atomic mass is 32.2. The molecule has 0 saturated carbocycles. The smallest absolute Gasteiger partial charge is 0.261 e. The van der Waals surface area contributed by atoms with Crippen LogP contribution < -0.4 is 9.64 Å². The average molecular weight is 443 g/mol. The number of rotatable bonds is 6. The summed E-state index contributed by atoms with van der Waals surface area (Å²) in [6.45, 7) is 0.112. The van der Waals surface area contributed by atoms with Crippen molar-refractivity contribution in [1.82, 2.24) is 4.98 Å². The molecule has 0 saturated heterocycles. The van der Waals surface area contributed by atoms with Gasteiger partial charge in [-0.1, -0.05) is 23.5 Å². The van der Waals surface area contributed by atoms with Crippen LogP contribution in [0.2, 0.25) is 0 Å². The zero-order valence-electron chi connectivity index (χ0n) is 16.2. The number of sulfone groups is 1. The molecule has 0 aliphatic carbocycles. The molecule has 2 heterocycles. The normalized spacial score (nSPS) is 11.5. The van der Waals surface area contributed by atoms with Crippen LogP contribution >= 0.6 is 11.3 Å². The van der Waals surface area contributed by atoms with Gasteiger partial charge >= 0.3 is 0 Å². The van der Waals surface area contributed by atoms with E-state index in [4.69, 9.17) is 9.15 Å². The summed E-state index contributed by atoms with van der Waals surface area (Å²) in [5, 5.41) is 0.433. The summed E-state index contributed by atoms with van der Waals surface area (Å²) in [6.07, 6.45) is 2.60. The van der Waals surface area contributed by atoms with E-state index in [2.05, 4.69) is 4.98 Å². The number of benzene rings is 2. The van der Waals surface area contributed by atoms with Crippen molar-refractivity contribution in [1.29, 1.82) is 0 Å². The van der Waals surface area contributed by atoms with Crippen molar-refractivity contribution in [2.45, 2.75) is 11.4 Å². The first-order valence-electron chi connectivity index (χ1n) is 8.95. The van der Waals surface area contributed by atoms with E-state index in [1.807, 2.05) is 12.1 Å². The number of ether oxygens (including phenoxy) is 1. The molecular weight excluding hydrogens is 424 g/mol. The molecule has 2 aromatic heterocycles. The standard InChI is InChI=1S/C21H18N2O5S2/c1-27-14-9-10-18-17(12-14)22-21(29-18)23(13-15-6-5-11-28-15)20(24)16-7-3-4-8-19(16)30(2,25)26/h3-12H,13H2,1-2H3. The Bertz CT molecular complexity index is 1310. The number of hydrogen-bond acceptors (Lipinski definition) is 7. The number of nitrogens with zero attached hydrogens (tertiary/aromatic N) is 2. The first-order chi connectivity index (χ1) is 14.4. The Morgan fingerprint density at radius 1 is 1.17 bits per heavy atom. The Labute approximate surface area is 177 Å². The average Bonchev–Trinajstić information content (AvgIpc) is 3.39. The predicted molar refractivity (Wildman–Crippen MR) is 115 cm³/mol. The van der Waals surface area contributed by atoms with Gasteiger partial charge in [-0.2, -0.15) is 0 Å². The van der Waals surface area contributed by atoms with Crippen molar-refractivity contribution in [3.63, 3.8) is 0 Å². The highest BCUT2D eigenvalue weighted by molar-refractivity contribution is 7.90. The molecule has 0 radical (unpaired) electrons. The Balaban J connectivity index is 1.82. The molecule has 4 aromatic rings. The lowest BCUT2D eigenvalue weighted by Gasteiger charge is -2.20. The molecule has 9 heteroatoms. The number of aromatic nitrogens is 1. The molecule has 154 valence electrons. The number of methoxy groups -OCH3 is 1. The molecule has 1 amide bonds. The van der Waals surface area contributed by atoms with E-state index in [-0.39, 0.29) is 17.0 Å². The molecule has 0 N–H and O–H groups in total. The van der Waals surface area contributed by atoms with Crippen molar-refractivity contribution >= 4 is 42.4 Å². The van der Waals surface area contributed by atoms with Crippen LogP contribution in [0.3, 0.4) is 0 Å². The maximum Gasteiger partial charge on any atom is 0.261 e. The second-order valence-electron chi connectivity index (χ2n) is 6.57. The highest BCUT2D eigenvalue weighted by Gasteiger charge is 2.27. The molecule has 30 heavy (non-hydrogen) atoms. The van der Waals surface area contributed by atoms with Gasteiger partial charge in [-0.15, -0.1) is 0 Å². The lowest BCUT2D eigenvalue weighted by molar-refractivity contribution is 0.0980. The minimum Gasteiger partial charge on any atom is -0.497 e. The summed E-state index contributed by atoms with van der Waals surface area (Å²) in [5.41, 5.74) is 0.770. The van der Waals surface area contributed by atoms with Crippen LogP contribution in [0.15, 0.2) is 70.2 Å². The molecule has 0 aliphatic rings. The van der Waals surface area contributed by atoms with E-state index in [0.717, 1.165) is 11.0 Å². The number of anilines is 1. The van der Waals surface area contributed by atoms with Crippen molar-refractivity contribution in [3.8, 4) is 5.75 Å². The monoisotopic (exact) mass is 442 g/mol. The second-order valence-corrected chi connectivity index (χ2v) is 9.56. The fourth-order valence-corrected chi connectivity index (χ4v) is 4.86. The van der Waals surface area contributed by atoms with Gasteiger partial charge in [0.25, 0.3) is 5.91 Å². The fraction of sp³-hybridized carbons (Fsp3) is 0.143. The van der Waals surface area contributed by atoms with Crippen LogP contribution in [0.25, 0.3) is 10.2 Å². The Morgan fingerprint density at radius 2 is 1.97 bits per heavy atom. The minimum absolute atomic E-state index is 0.0257. The lowest BCUT2D eigenvalue weighted by atomic mass is 10.2. The van der Waals surface area contributed by atoms with E-state index in [9.17, 15) is 13.2 Å². The summed E-state index contributed by atoms with van der Waals surface area (Å²) in [6, 6.07) is 15.1. The summed E-state index contributed by atoms with van der Waals surface area (Å²) >= 11 is 1.33. The molecule has 0 spiro atoms. The minimum atomic E-state index is -3.59. The number of fused-ring (bicyclic) bond motifs is 1. The highest BCUT2D eigenvalue weighted by Crippen LogP contribution is 2.33. The lowest BCUT2D eigenvalue weighted by Crippen LogP contribution is -2.31. The maximum absolute atomic E-state index is 13.5. The van der Waals surface area contributed by atoms with E-state index in [0.29, 0.717) is 22.2 Å². The number of furan rings is 1. The Hall–Kier alpha value is -3.17. The number of thiazole rings is 1. The van der Waals surface area contributed by atoms with Gasteiger partial charge in [0.05, 0.1) is 40.6 Å². The third-order valence-electron chi connectivity index (χ3n) is 4.47. The van der Waals surface area contributed by atoms with Crippen LogP contribution in [-0.4, -0.2) is 32.7 Å². The largest absolute Gasteiger partial charge is 0.497 e. The molecule has 0 aliphatic heterocycles. The topological polar surface area (TPSA) is 89.7 Å². The predicted octanol–water partition coefficient (Wildman–Crippen LogP) is 4.15. The van der Waals surface area contributed by atoms with Crippen molar-refractivity contribution < 1.29 is 22.4 Å². The zero-order chi connectivity index (χ0) is 21.3. The molecular formula is C21H18N2O5S2. The van der Waals surface area contributed by atoms with Gasteiger partial charge in [-0.3, -0.25) is 9.69 Å². The fourth-order valence-electron chi connectivity index (χ4n) is 3.03. The summed E-state index contributed by atoms with van der Waals surface area (Å²) in [5.74, 6) is 0.737. The summed E-state index contributed by atoms with van der Waals surface area (Å²) in [7, 11) is -2.02. The third-order valence-corrected chi connectivity index (χ3v) is 6.68. The van der Waals surface area contributed by atoms with Crippen LogP contribution in [-0.2, 0) is 16.4 Å². The van der Waals surface area contributed by atoms with E-state index < -0.39 is 15.7 Å². The molecule has 0 fully saturated rings. The second kappa shape index (κ2) is 7.92. The first kappa shape index (κ1) is 20.1. The van der Waals surface area contributed by atoms with Gasteiger partial charge in [0.2, 0.25) is 0 Å². The maximum atomic E-state index is 13.5. The van der Waals surface area contributed by atoms with Crippen molar-refractivity contribution in [2.24, 2.45) is 0 Å². The molecule has 0 bridgehead atoms. The number of carbonyl (C=O) groups is 1. The molecule has 7 nitrogen and oxygen atoms in total. The first-order valence-corrected chi connectivity index (χ1v) is 11.7. The zero-order valence-corrected chi connectivity index (χ0v) is 17.9. The van der Waals surface area contributed by atoms with E-state index in [1.165, 1.54) is 34.6 Å². The number of amides is 1. The number of carbonyl (C=O) groups excluding carboxylic acids is 1.